The van der Waals surface area contributed by atoms with Crippen LogP contribution in [0.2, 0.25) is 5.02 Å². The average Bonchev–Trinajstić information content (AvgIpc) is 2.25. The number of nitrogens with zero attached hydrogens (tertiary/aromatic N) is 1. The van der Waals surface area contributed by atoms with Crippen molar-refractivity contribution in [1.29, 1.82) is 0 Å². The molecule has 15 heavy (non-hydrogen) atoms. The third-order valence-electron chi connectivity index (χ3n) is 2.23. The van der Waals surface area contributed by atoms with Crippen LogP contribution in [0, 0.1) is 0 Å². The molecule has 0 unspecified atom stereocenters. The van der Waals surface area contributed by atoms with E-state index in [1.807, 2.05) is 23.9 Å². The Morgan fingerprint density at radius 3 is 2.80 bits per heavy atom. The van der Waals surface area contributed by atoms with Crippen LogP contribution in [0.25, 0.3) is 0 Å². The zero-order chi connectivity index (χ0) is 11.3. The molecule has 0 saturated heterocycles. The number of rotatable bonds is 5. The molecule has 84 valence electrons. The molecule has 0 aromatic heterocycles. The third-order valence-corrected chi connectivity index (χ3v) is 3.66. The zero-order valence-corrected chi connectivity index (χ0v) is 12.1. The van der Waals surface area contributed by atoms with Gasteiger partial charge in [-0.1, -0.05) is 33.6 Å². The Morgan fingerprint density at radius 1 is 1.47 bits per heavy atom. The quantitative estimate of drug-likeness (QED) is 0.755. The maximum atomic E-state index is 6.00. The van der Waals surface area contributed by atoms with Gasteiger partial charge in [-0.05, 0) is 24.0 Å². The summed E-state index contributed by atoms with van der Waals surface area (Å²) in [6, 6.07) is 6.03. The number of hydrogen-bond acceptors (Lipinski definition) is 2. The molecule has 1 aromatic rings. The van der Waals surface area contributed by atoms with E-state index in [0.29, 0.717) is 0 Å². The van der Waals surface area contributed by atoms with Crippen LogP contribution < -0.4 is 4.90 Å². The lowest BCUT2D eigenvalue weighted by molar-refractivity contribution is 0.970. The van der Waals surface area contributed by atoms with E-state index in [1.165, 1.54) is 11.3 Å². The summed E-state index contributed by atoms with van der Waals surface area (Å²) in [4.78, 5) is 2.25. The van der Waals surface area contributed by atoms with E-state index in [4.69, 9.17) is 11.6 Å². The van der Waals surface area contributed by atoms with Crippen LogP contribution in [0.5, 0.6) is 0 Å². The summed E-state index contributed by atoms with van der Waals surface area (Å²) in [5.74, 6) is 1.13. The normalized spacial score (nSPS) is 10.4. The molecule has 0 spiro atoms. The molecule has 1 rings (SSSR count). The van der Waals surface area contributed by atoms with Crippen LogP contribution in [-0.4, -0.2) is 25.6 Å². The highest BCUT2D eigenvalue weighted by atomic mass is 79.9. The smallest absolute Gasteiger partial charge is 0.0426 e. The van der Waals surface area contributed by atoms with Gasteiger partial charge in [-0.3, -0.25) is 0 Å². The Labute approximate surface area is 109 Å². The molecule has 0 saturated carbocycles. The summed E-state index contributed by atoms with van der Waals surface area (Å²) >= 11 is 11.4. The molecule has 0 heterocycles. The third kappa shape index (κ3) is 3.89. The lowest BCUT2D eigenvalue weighted by atomic mass is 10.2. The highest BCUT2D eigenvalue weighted by Crippen LogP contribution is 2.25. The number of hydrogen-bond donors (Lipinski definition) is 0. The van der Waals surface area contributed by atoms with Crippen molar-refractivity contribution < 1.29 is 0 Å². The second-order valence-corrected chi connectivity index (χ2v) is 5.30. The lowest BCUT2D eigenvalue weighted by Gasteiger charge is -2.21. The van der Waals surface area contributed by atoms with Gasteiger partial charge in [0.15, 0.2) is 0 Å². The van der Waals surface area contributed by atoms with Gasteiger partial charge in [-0.25, -0.2) is 0 Å². The average molecular weight is 309 g/mol. The Bertz CT molecular complexity index is 319. The van der Waals surface area contributed by atoms with Gasteiger partial charge in [0.1, 0.15) is 0 Å². The standard InChI is InChI=1S/C11H15BrClNS/c1-14(5-6-15-2)11-7-10(13)4-3-9(11)8-12/h3-4,7H,5-6,8H2,1-2H3. The summed E-state index contributed by atoms with van der Waals surface area (Å²) in [6.07, 6.45) is 2.12. The highest BCUT2D eigenvalue weighted by Gasteiger charge is 2.06. The van der Waals surface area contributed by atoms with Crippen molar-refractivity contribution in [3.05, 3.63) is 28.8 Å². The first kappa shape index (κ1) is 13.2. The monoisotopic (exact) mass is 307 g/mol. The molecule has 0 fully saturated rings. The fourth-order valence-corrected chi connectivity index (χ4v) is 2.45. The number of alkyl halides is 1. The van der Waals surface area contributed by atoms with Crippen molar-refractivity contribution in [1.82, 2.24) is 0 Å². The maximum Gasteiger partial charge on any atom is 0.0426 e. The van der Waals surface area contributed by atoms with Gasteiger partial charge in [0.2, 0.25) is 0 Å². The maximum absolute atomic E-state index is 6.00. The summed E-state index contributed by atoms with van der Waals surface area (Å²) < 4.78 is 0. The molecular weight excluding hydrogens is 294 g/mol. The molecule has 0 atom stereocenters. The molecule has 0 amide bonds. The molecule has 0 aliphatic carbocycles. The van der Waals surface area contributed by atoms with Crippen LogP contribution >= 0.6 is 39.3 Å². The van der Waals surface area contributed by atoms with Crippen molar-refractivity contribution in [3.63, 3.8) is 0 Å². The van der Waals surface area contributed by atoms with E-state index < -0.39 is 0 Å². The number of thioether (sulfide) groups is 1. The number of benzene rings is 1. The molecule has 0 aliphatic heterocycles. The Balaban J connectivity index is 2.85. The first-order valence-corrected chi connectivity index (χ1v) is 7.63. The first-order valence-electron chi connectivity index (χ1n) is 4.73. The van der Waals surface area contributed by atoms with E-state index in [-0.39, 0.29) is 0 Å². The fourth-order valence-electron chi connectivity index (χ4n) is 1.35. The van der Waals surface area contributed by atoms with E-state index in [2.05, 4.69) is 40.2 Å². The predicted molar refractivity (Wildman–Crippen MR) is 75.7 cm³/mol. The summed E-state index contributed by atoms with van der Waals surface area (Å²) in [5, 5.41) is 1.66. The van der Waals surface area contributed by atoms with Crippen LogP contribution in [0.4, 0.5) is 5.69 Å². The SMILES string of the molecule is CSCCN(C)c1cc(Cl)ccc1CBr. The van der Waals surface area contributed by atoms with Gasteiger partial charge in [0.05, 0.1) is 0 Å². The Hall–Kier alpha value is 0.140. The van der Waals surface area contributed by atoms with Gasteiger partial charge in [-0.2, -0.15) is 11.8 Å². The highest BCUT2D eigenvalue weighted by molar-refractivity contribution is 9.08. The molecule has 0 aliphatic rings. The number of halogens is 2. The van der Waals surface area contributed by atoms with Gasteiger partial charge in [0.25, 0.3) is 0 Å². The van der Waals surface area contributed by atoms with Gasteiger partial charge < -0.3 is 4.90 Å². The van der Waals surface area contributed by atoms with Crippen LogP contribution in [-0.2, 0) is 5.33 Å². The van der Waals surface area contributed by atoms with E-state index in [0.717, 1.165) is 22.7 Å². The van der Waals surface area contributed by atoms with Crippen molar-refractivity contribution in [2.24, 2.45) is 0 Å². The van der Waals surface area contributed by atoms with Crippen molar-refractivity contribution in [2.75, 3.05) is 30.5 Å². The first-order chi connectivity index (χ1) is 7.19. The van der Waals surface area contributed by atoms with Gasteiger partial charge in [-0.15, -0.1) is 0 Å². The van der Waals surface area contributed by atoms with E-state index >= 15 is 0 Å². The molecular formula is C11H15BrClNS. The summed E-state index contributed by atoms with van der Waals surface area (Å²) in [6.45, 7) is 1.04. The molecule has 0 bridgehead atoms. The fraction of sp³-hybridized carbons (Fsp3) is 0.455. The predicted octanol–water partition coefficient (Wildman–Crippen LogP) is 4.03. The van der Waals surface area contributed by atoms with Crippen molar-refractivity contribution in [2.45, 2.75) is 5.33 Å². The second kappa shape index (κ2) is 6.66. The van der Waals surface area contributed by atoms with Crippen molar-refractivity contribution >= 4 is 45.0 Å². The molecule has 1 aromatic carbocycles. The summed E-state index contributed by atoms with van der Waals surface area (Å²) in [7, 11) is 2.11. The minimum atomic E-state index is 0.797. The minimum Gasteiger partial charge on any atom is -0.373 e. The molecule has 0 N–H and O–H groups in total. The largest absolute Gasteiger partial charge is 0.373 e. The minimum absolute atomic E-state index is 0.797. The van der Waals surface area contributed by atoms with Crippen LogP contribution in [0.1, 0.15) is 5.56 Å². The van der Waals surface area contributed by atoms with Crippen LogP contribution in [0.15, 0.2) is 18.2 Å². The van der Waals surface area contributed by atoms with E-state index in [9.17, 15) is 0 Å². The van der Waals surface area contributed by atoms with E-state index in [1.54, 1.807) is 0 Å². The van der Waals surface area contributed by atoms with Crippen molar-refractivity contribution in [3.8, 4) is 0 Å². The lowest BCUT2D eigenvalue weighted by Crippen LogP contribution is -2.21. The topological polar surface area (TPSA) is 3.24 Å². The molecule has 0 radical (unpaired) electrons. The zero-order valence-electron chi connectivity index (χ0n) is 8.96. The molecule has 4 heteroatoms. The van der Waals surface area contributed by atoms with Gasteiger partial charge in [0, 0.05) is 35.4 Å². The van der Waals surface area contributed by atoms with Gasteiger partial charge >= 0.3 is 0 Å². The summed E-state index contributed by atoms with van der Waals surface area (Å²) in [5.41, 5.74) is 2.50. The molecule has 1 nitrogen and oxygen atoms in total. The second-order valence-electron chi connectivity index (χ2n) is 3.32. The number of anilines is 1. The van der Waals surface area contributed by atoms with Crippen LogP contribution in [0.3, 0.4) is 0 Å². The Kier molecular flexibility index (Phi) is 5.87. The Morgan fingerprint density at radius 2 is 2.20 bits per heavy atom.